The number of rotatable bonds is 4. The Labute approximate surface area is 111 Å². The number of nitriles is 1. The highest BCUT2D eigenvalue weighted by atomic mass is 35.5. The van der Waals surface area contributed by atoms with E-state index < -0.39 is 0 Å². The summed E-state index contributed by atoms with van der Waals surface area (Å²) in [5.74, 6) is 0. The van der Waals surface area contributed by atoms with Crippen molar-refractivity contribution >= 4 is 17.3 Å². The minimum Gasteiger partial charge on any atom is -0.380 e. The van der Waals surface area contributed by atoms with Gasteiger partial charge in [0.2, 0.25) is 0 Å². The summed E-state index contributed by atoms with van der Waals surface area (Å²) in [7, 11) is 0. The number of hydrogen-bond donors (Lipinski definition) is 1. The van der Waals surface area contributed by atoms with Crippen LogP contribution in [-0.2, 0) is 6.54 Å². The molecule has 1 aromatic carbocycles. The number of nitrogens with one attached hydrogen (secondary N) is 1. The second-order valence-corrected chi connectivity index (χ2v) is 4.49. The van der Waals surface area contributed by atoms with Crippen molar-refractivity contribution < 1.29 is 0 Å². The molecule has 0 amide bonds. The molecule has 1 atom stereocenters. The predicted octanol–water partition coefficient (Wildman–Crippen LogP) is 2.91. The summed E-state index contributed by atoms with van der Waals surface area (Å²) < 4.78 is 1.98. The van der Waals surface area contributed by atoms with E-state index in [0.717, 1.165) is 12.2 Å². The van der Waals surface area contributed by atoms with Crippen molar-refractivity contribution in [3.63, 3.8) is 0 Å². The molecule has 4 nitrogen and oxygen atoms in total. The molecule has 1 N–H and O–H groups in total. The van der Waals surface area contributed by atoms with Gasteiger partial charge in [-0.2, -0.15) is 5.26 Å². The minimum absolute atomic E-state index is 0.171. The molecule has 0 bridgehead atoms. The summed E-state index contributed by atoms with van der Waals surface area (Å²) in [5, 5.41) is 12.8. The van der Waals surface area contributed by atoms with Crippen molar-refractivity contribution in [3.05, 3.63) is 47.5 Å². The first-order valence-corrected chi connectivity index (χ1v) is 5.99. The highest BCUT2D eigenvalue weighted by Crippen LogP contribution is 2.23. The molecule has 92 valence electrons. The third-order valence-corrected chi connectivity index (χ3v) is 2.89. The number of halogens is 1. The second kappa shape index (κ2) is 5.56. The summed E-state index contributed by atoms with van der Waals surface area (Å²) in [4.78, 5) is 3.99. The van der Waals surface area contributed by atoms with E-state index in [1.54, 1.807) is 18.6 Å². The van der Waals surface area contributed by atoms with Crippen LogP contribution in [0.15, 0.2) is 36.9 Å². The van der Waals surface area contributed by atoms with Gasteiger partial charge in [-0.25, -0.2) is 4.98 Å². The Morgan fingerprint density at radius 2 is 2.39 bits per heavy atom. The van der Waals surface area contributed by atoms with E-state index in [9.17, 15) is 0 Å². The molecule has 1 aromatic heterocycles. The maximum Gasteiger partial charge on any atom is 0.103 e. The molecular formula is C13H13ClN4. The summed E-state index contributed by atoms with van der Waals surface area (Å²) in [5.41, 5.74) is 1.24. The molecule has 0 aliphatic rings. The van der Waals surface area contributed by atoms with Crippen LogP contribution in [0.2, 0.25) is 5.02 Å². The Kier molecular flexibility index (Phi) is 3.85. The molecule has 1 heterocycles. The van der Waals surface area contributed by atoms with Crippen LogP contribution in [0, 0.1) is 11.3 Å². The highest BCUT2D eigenvalue weighted by molar-refractivity contribution is 6.32. The van der Waals surface area contributed by atoms with Crippen molar-refractivity contribution in [1.29, 1.82) is 5.26 Å². The van der Waals surface area contributed by atoms with Crippen molar-refractivity contribution in [2.45, 2.75) is 19.5 Å². The number of hydrogen-bond acceptors (Lipinski definition) is 3. The summed E-state index contributed by atoms with van der Waals surface area (Å²) in [6.45, 7) is 2.82. The van der Waals surface area contributed by atoms with Crippen LogP contribution in [0.3, 0.4) is 0 Å². The number of imidazole rings is 1. The summed E-state index contributed by atoms with van der Waals surface area (Å²) in [6.07, 6.45) is 5.41. The van der Waals surface area contributed by atoms with Crippen LogP contribution in [-0.4, -0.2) is 15.6 Å². The zero-order valence-corrected chi connectivity index (χ0v) is 10.7. The lowest BCUT2D eigenvalue weighted by Crippen LogP contribution is -2.21. The molecule has 18 heavy (non-hydrogen) atoms. The molecule has 0 aliphatic heterocycles. The fraction of sp³-hybridized carbons (Fsp3) is 0.231. The molecule has 1 unspecified atom stereocenters. The number of aromatic nitrogens is 2. The Balaban J connectivity index is 2.10. The van der Waals surface area contributed by atoms with Crippen LogP contribution < -0.4 is 5.32 Å². The smallest absolute Gasteiger partial charge is 0.103 e. The molecule has 2 rings (SSSR count). The van der Waals surface area contributed by atoms with E-state index in [-0.39, 0.29) is 6.04 Å². The number of benzene rings is 1. The van der Waals surface area contributed by atoms with E-state index in [0.29, 0.717) is 10.6 Å². The minimum atomic E-state index is 0.171. The van der Waals surface area contributed by atoms with Crippen LogP contribution in [0.5, 0.6) is 0 Å². The van der Waals surface area contributed by atoms with E-state index >= 15 is 0 Å². The molecule has 0 spiro atoms. The van der Waals surface area contributed by atoms with E-state index in [1.165, 1.54) is 0 Å². The summed E-state index contributed by atoms with van der Waals surface area (Å²) in [6, 6.07) is 7.68. The Morgan fingerprint density at radius 1 is 1.56 bits per heavy atom. The Hall–Kier alpha value is -1.99. The molecule has 0 saturated carbocycles. The fourth-order valence-electron chi connectivity index (χ4n) is 1.78. The fourth-order valence-corrected chi connectivity index (χ4v) is 2.00. The molecule has 0 aliphatic carbocycles. The zero-order valence-electron chi connectivity index (χ0n) is 9.97. The molecule has 2 aromatic rings. The van der Waals surface area contributed by atoms with Gasteiger partial charge in [0.15, 0.2) is 0 Å². The zero-order chi connectivity index (χ0) is 13.0. The van der Waals surface area contributed by atoms with Gasteiger partial charge >= 0.3 is 0 Å². The number of anilines is 1. The normalized spacial score (nSPS) is 11.8. The van der Waals surface area contributed by atoms with Gasteiger partial charge in [0, 0.05) is 25.0 Å². The Bertz CT molecular complexity index is 557. The van der Waals surface area contributed by atoms with E-state index in [2.05, 4.69) is 16.4 Å². The van der Waals surface area contributed by atoms with Gasteiger partial charge in [0.25, 0.3) is 0 Å². The third-order valence-electron chi connectivity index (χ3n) is 2.57. The monoisotopic (exact) mass is 260 g/mol. The van der Waals surface area contributed by atoms with Gasteiger partial charge in [0.1, 0.15) is 6.07 Å². The first-order chi connectivity index (χ1) is 8.70. The van der Waals surface area contributed by atoms with E-state index in [4.69, 9.17) is 16.9 Å². The van der Waals surface area contributed by atoms with Crippen molar-refractivity contribution in [3.8, 4) is 6.07 Å². The van der Waals surface area contributed by atoms with E-state index in [1.807, 2.05) is 29.8 Å². The molecule has 0 saturated heterocycles. The van der Waals surface area contributed by atoms with Crippen LogP contribution >= 0.6 is 11.6 Å². The topological polar surface area (TPSA) is 53.6 Å². The van der Waals surface area contributed by atoms with Crippen LogP contribution in [0.4, 0.5) is 5.69 Å². The first-order valence-electron chi connectivity index (χ1n) is 5.61. The lowest BCUT2D eigenvalue weighted by Gasteiger charge is -2.17. The summed E-state index contributed by atoms with van der Waals surface area (Å²) >= 11 is 5.98. The van der Waals surface area contributed by atoms with Crippen molar-refractivity contribution in [2.75, 3.05) is 5.32 Å². The first kappa shape index (κ1) is 12.5. The molecular weight excluding hydrogens is 248 g/mol. The van der Waals surface area contributed by atoms with Crippen LogP contribution in [0.1, 0.15) is 12.5 Å². The standard InChI is InChI=1S/C13H13ClN4/c1-10(8-18-6-5-16-9-18)17-13-4-2-3-12(14)11(13)7-15/h2-6,9-10,17H,8H2,1H3. The van der Waals surface area contributed by atoms with Gasteiger partial charge < -0.3 is 9.88 Å². The average Bonchev–Trinajstić information content (AvgIpc) is 2.82. The SMILES string of the molecule is CC(Cn1ccnc1)Nc1cccc(Cl)c1C#N. The quantitative estimate of drug-likeness (QED) is 0.920. The largest absolute Gasteiger partial charge is 0.380 e. The maximum atomic E-state index is 9.08. The van der Waals surface area contributed by atoms with Gasteiger partial charge in [0.05, 0.1) is 22.6 Å². The van der Waals surface area contributed by atoms with Crippen molar-refractivity contribution in [1.82, 2.24) is 9.55 Å². The lowest BCUT2D eigenvalue weighted by molar-refractivity contribution is 0.619. The Morgan fingerprint density at radius 3 is 3.06 bits per heavy atom. The average molecular weight is 261 g/mol. The highest BCUT2D eigenvalue weighted by Gasteiger charge is 2.09. The number of nitrogens with zero attached hydrogens (tertiary/aromatic N) is 3. The maximum absolute atomic E-state index is 9.08. The molecule has 5 heteroatoms. The molecule has 0 radical (unpaired) electrons. The second-order valence-electron chi connectivity index (χ2n) is 4.08. The lowest BCUT2D eigenvalue weighted by atomic mass is 10.1. The van der Waals surface area contributed by atoms with Gasteiger partial charge in [-0.1, -0.05) is 17.7 Å². The van der Waals surface area contributed by atoms with Gasteiger partial charge in [-0.3, -0.25) is 0 Å². The van der Waals surface area contributed by atoms with Crippen LogP contribution in [0.25, 0.3) is 0 Å². The van der Waals surface area contributed by atoms with Crippen molar-refractivity contribution in [2.24, 2.45) is 0 Å². The molecule has 0 fully saturated rings. The van der Waals surface area contributed by atoms with Gasteiger partial charge in [-0.15, -0.1) is 0 Å². The van der Waals surface area contributed by atoms with Gasteiger partial charge in [-0.05, 0) is 19.1 Å². The third kappa shape index (κ3) is 2.82. The predicted molar refractivity (Wildman–Crippen MR) is 71.5 cm³/mol.